The van der Waals surface area contributed by atoms with E-state index in [1.807, 2.05) is 51.1 Å². The molecule has 1 aromatic carbocycles. The first-order chi connectivity index (χ1) is 18.3. The smallest absolute Gasteiger partial charge is 0.247 e. The van der Waals surface area contributed by atoms with Crippen molar-refractivity contribution in [2.75, 3.05) is 26.2 Å². The molecule has 6 atom stereocenters. The Hall–Kier alpha value is -2.58. The van der Waals surface area contributed by atoms with Gasteiger partial charge in [0.15, 0.2) is 0 Å². The van der Waals surface area contributed by atoms with E-state index >= 15 is 0 Å². The summed E-state index contributed by atoms with van der Waals surface area (Å²) >= 11 is 1.66. The van der Waals surface area contributed by atoms with Crippen LogP contribution < -0.4 is 0 Å². The summed E-state index contributed by atoms with van der Waals surface area (Å²) in [5.74, 6) is -1.45. The Morgan fingerprint density at radius 3 is 2.45 bits per heavy atom. The molecule has 3 aliphatic heterocycles. The molecule has 3 fully saturated rings. The first-order valence-electron chi connectivity index (χ1n) is 13.7. The first kappa shape index (κ1) is 28.4. The largest absolute Gasteiger partial charge is 0.394 e. The fourth-order valence-corrected chi connectivity index (χ4v) is 8.99. The van der Waals surface area contributed by atoms with Gasteiger partial charge in [0.1, 0.15) is 6.04 Å². The predicted molar refractivity (Wildman–Crippen MR) is 151 cm³/mol. The van der Waals surface area contributed by atoms with Crippen molar-refractivity contribution in [2.45, 2.75) is 68.2 Å². The van der Waals surface area contributed by atoms with Crippen LogP contribution >= 0.6 is 11.8 Å². The molecule has 2 bridgehead atoms. The normalized spacial score (nSPS) is 28.3. The van der Waals surface area contributed by atoms with E-state index in [0.717, 1.165) is 18.4 Å². The van der Waals surface area contributed by atoms with Gasteiger partial charge in [-0.25, -0.2) is 0 Å². The average molecular weight is 540 g/mol. The van der Waals surface area contributed by atoms with Gasteiger partial charge in [0.05, 0.1) is 29.2 Å². The number of thioether (sulfide) groups is 1. The lowest BCUT2D eigenvalue weighted by Gasteiger charge is -2.40. The first-order valence-corrected chi connectivity index (χ1v) is 14.6. The van der Waals surface area contributed by atoms with Crippen molar-refractivity contribution in [1.29, 1.82) is 0 Å². The van der Waals surface area contributed by atoms with E-state index in [0.29, 0.717) is 26.1 Å². The standard InChI is InChI=1S/C30H41N3O4S/c1-6-16-31(17-7-2)27(35)24-23-14-15-30(38-23)25(24)28(36)33(22(19-34)21-12-10-9-11-13-21)26(30)29(37)32(18-8-3)20(4)5/h6,8-13,20,22-26,34H,1,3,7,14-19H2,2,4-5H3/t22-,23-,24+,25+,26?,30?/m1/s1. The van der Waals surface area contributed by atoms with Gasteiger partial charge in [-0.05, 0) is 38.7 Å². The Kier molecular flexibility index (Phi) is 8.72. The summed E-state index contributed by atoms with van der Waals surface area (Å²) in [7, 11) is 0. The van der Waals surface area contributed by atoms with Crippen molar-refractivity contribution in [3.05, 3.63) is 61.2 Å². The molecule has 206 valence electrons. The van der Waals surface area contributed by atoms with Gasteiger partial charge in [-0.15, -0.1) is 24.9 Å². The van der Waals surface area contributed by atoms with Gasteiger partial charge in [-0.3, -0.25) is 14.4 Å². The maximum Gasteiger partial charge on any atom is 0.247 e. The summed E-state index contributed by atoms with van der Waals surface area (Å²) in [5, 5.41) is 10.6. The molecule has 38 heavy (non-hydrogen) atoms. The summed E-state index contributed by atoms with van der Waals surface area (Å²) < 4.78 is -0.707. The number of hydrogen-bond acceptors (Lipinski definition) is 5. The maximum atomic E-state index is 14.5. The van der Waals surface area contributed by atoms with Gasteiger partial charge >= 0.3 is 0 Å². The Labute approximate surface area is 230 Å². The van der Waals surface area contributed by atoms with Crippen molar-refractivity contribution >= 4 is 29.5 Å². The van der Waals surface area contributed by atoms with E-state index in [4.69, 9.17) is 0 Å². The highest BCUT2D eigenvalue weighted by atomic mass is 32.2. The van der Waals surface area contributed by atoms with Crippen molar-refractivity contribution in [2.24, 2.45) is 11.8 Å². The fraction of sp³-hybridized carbons (Fsp3) is 0.567. The highest BCUT2D eigenvalue weighted by molar-refractivity contribution is 8.02. The third-order valence-electron chi connectivity index (χ3n) is 8.34. The van der Waals surface area contributed by atoms with Gasteiger partial charge in [0.2, 0.25) is 17.7 Å². The summed E-state index contributed by atoms with van der Waals surface area (Å²) in [6.07, 6.45) is 5.73. The lowest BCUT2D eigenvalue weighted by Crippen LogP contribution is -2.57. The van der Waals surface area contributed by atoms with Gasteiger partial charge in [-0.2, -0.15) is 0 Å². The zero-order valence-corrected chi connectivity index (χ0v) is 23.6. The van der Waals surface area contributed by atoms with Gasteiger partial charge in [-0.1, -0.05) is 49.4 Å². The molecule has 3 saturated heterocycles. The minimum Gasteiger partial charge on any atom is -0.394 e. The molecule has 2 unspecified atom stereocenters. The lowest BCUT2D eigenvalue weighted by atomic mass is 9.70. The zero-order chi connectivity index (χ0) is 27.6. The van der Waals surface area contributed by atoms with Crippen molar-refractivity contribution in [3.63, 3.8) is 0 Å². The van der Waals surface area contributed by atoms with Crippen molar-refractivity contribution in [3.8, 4) is 0 Å². The SMILES string of the molecule is C=CCN(CCC)C(=O)[C@@H]1[C@H]2C(=O)N([C@H](CO)c3ccccc3)C(C(=O)N(CC=C)C(C)C)C23CC[C@H]1S3. The Bertz CT molecular complexity index is 1060. The number of fused-ring (bicyclic) bond motifs is 1. The molecule has 1 spiro atoms. The number of aliphatic hydroxyl groups is 1. The number of hydrogen-bond donors (Lipinski definition) is 1. The van der Waals surface area contributed by atoms with Crippen LogP contribution in [0.25, 0.3) is 0 Å². The summed E-state index contributed by atoms with van der Waals surface area (Å²) in [5.41, 5.74) is 0.777. The molecule has 0 aliphatic carbocycles. The van der Waals surface area contributed by atoms with Crippen LogP contribution in [-0.2, 0) is 14.4 Å². The highest BCUT2D eigenvalue weighted by Crippen LogP contribution is 2.67. The number of likely N-dealkylation sites (tertiary alicyclic amines) is 1. The molecule has 4 rings (SSSR count). The maximum absolute atomic E-state index is 14.5. The summed E-state index contributed by atoms with van der Waals surface area (Å²) in [6.45, 7) is 14.7. The monoisotopic (exact) mass is 539 g/mol. The fourth-order valence-electron chi connectivity index (χ4n) is 6.80. The Morgan fingerprint density at radius 2 is 1.87 bits per heavy atom. The number of rotatable bonds is 12. The van der Waals surface area contributed by atoms with E-state index in [9.17, 15) is 19.5 Å². The third kappa shape index (κ3) is 4.60. The van der Waals surface area contributed by atoms with Crippen LogP contribution in [0.3, 0.4) is 0 Å². The van der Waals surface area contributed by atoms with Gasteiger partial charge in [0.25, 0.3) is 0 Å². The van der Waals surface area contributed by atoms with Gasteiger partial charge < -0.3 is 19.8 Å². The van der Waals surface area contributed by atoms with Crippen LogP contribution in [-0.4, -0.2) is 85.8 Å². The summed E-state index contributed by atoms with van der Waals surface area (Å²) in [4.78, 5) is 48.1. The molecule has 0 saturated carbocycles. The topological polar surface area (TPSA) is 81.2 Å². The number of benzene rings is 1. The number of nitrogens with zero attached hydrogens (tertiary/aromatic N) is 3. The molecule has 8 heteroatoms. The van der Waals surface area contributed by atoms with E-state index in [1.165, 1.54) is 0 Å². The van der Waals surface area contributed by atoms with E-state index in [-0.39, 0.29) is 35.6 Å². The van der Waals surface area contributed by atoms with E-state index in [1.54, 1.807) is 38.6 Å². The molecule has 3 amide bonds. The number of amides is 3. The van der Waals surface area contributed by atoms with Crippen molar-refractivity contribution in [1.82, 2.24) is 14.7 Å². The van der Waals surface area contributed by atoms with Crippen LogP contribution in [0.15, 0.2) is 55.6 Å². The number of aliphatic hydroxyl groups excluding tert-OH is 1. The molecule has 7 nitrogen and oxygen atoms in total. The molecule has 0 radical (unpaired) electrons. The lowest BCUT2D eigenvalue weighted by molar-refractivity contribution is -0.147. The average Bonchev–Trinajstić information content (AvgIpc) is 3.55. The molecule has 3 aliphatic rings. The number of carbonyl (C=O) groups is 3. The van der Waals surface area contributed by atoms with Crippen LogP contribution in [0.5, 0.6) is 0 Å². The minimum atomic E-state index is -0.772. The Balaban J connectivity index is 1.83. The minimum absolute atomic E-state index is 0.00530. The second-order valence-electron chi connectivity index (χ2n) is 10.9. The zero-order valence-electron chi connectivity index (χ0n) is 22.8. The highest BCUT2D eigenvalue weighted by Gasteiger charge is 2.74. The quantitative estimate of drug-likeness (QED) is 0.410. The Morgan fingerprint density at radius 1 is 1.18 bits per heavy atom. The van der Waals surface area contributed by atoms with Crippen LogP contribution in [0.2, 0.25) is 0 Å². The van der Waals surface area contributed by atoms with Crippen LogP contribution in [0.1, 0.15) is 51.6 Å². The molecular weight excluding hydrogens is 498 g/mol. The second kappa shape index (κ2) is 11.7. The molecule has 1 aromatic rings. The predicted octanol–water partition coefficient (Wildman–Crippen LogP) is 3.66. The van der Waals surface area contributed by atoms with Crippen LogP contribution in [0.4, 0.5) is 0 Å². The third-order valence-corrected chi connectivity index (χ3v) is 10.3. The van der Waals surface area contributed by atoms with E-state index in [2.05, 4.69) is 13.2 Å². The van der Waals surface area contributed by atoms with Crippen molar-refractivity contribution < 1.29 is 19.5 Å². The second-order valence-corrected chi connectivity index (χ2v) is 12.5. The van der Waals surface area contributed by atoms with Crippen LogP contribution in [0, 0.1) is 11.8 Å². The summed E-state index contributed by atoms with van der Waals surface area (Å²) in [6, 6.07) is 7.85. The molecule has 3 heterocycles. The number of carbonyl (C=O) groups excluding carboxylic acids is 3. The molecular formula is C30H41N3O4S. The van der Waals surface area contributed by atoms with E-state index < -0.39 is 28.7 Å². The molecule has 0 aromatic heterocycles. The van der Waals surface area contributed by atoms with Gasteiger partial charge in [0, 0.05) is 30.9 Å². The molecule has 1 N–H and O–H groups in total.